The topological polar surface area (TPSA) is 111 Å². The van der Waals surface area contributed by atoms with Crippen LogP contribution < -0.4 is 5.32 Å². The van der Waals surface area contributed by atoms with E-state index in [-0.39, 0.29) is 25.1 Å². The van der Waals surface area contributed by atoms with Crippen molar-refractivity contribution in [1.29, 1.82) is 0 Å². The van der Waals surface area contributed by atoms with Gasteiger partial charge >= 0.3 is 13.8 Å². The van der Waals surface area contributed by atoms with Crippen LogP contribution in [0.5, 0.6) is 0 Å². The van der Waals surface area contributed by atoms with Gasteiger partial charge in [-0.05, 0) is 89.5 Å². The van der Waals surface area contributed by atoms with Gasteiger partial charge in [0.25, 0.3) is 0 Å². The van der Waals surface area contributed by atoms with E-state index < -0.39 is 20.0 Å². The normalized spacial score (nSPS) is 13.6. The molecule has 2 N–H and O–H groups in total. The zero-order valence-electron chi connectivity index (χ0n) is 62.3. The molecule has 0 aromatic carbocycles. The van der Waals surface area contributed by atoms with E-state index in [0.29, 0.717) is 23.9 Å². The van der Waals surface area contributed by atoms with Crippen LogP contribution in [-0.4, -0.2) is 74.3 Å². The van der Waals surface area contributed by atoms with Gasteiger partial charge in [-0.2, -0.15) is 0 Å². The summed E-state index contributed by atoms with van der Waals surface area (Å²) in [6.45, 7) is 7.06. The molecule has 0 fully saturated rings. The molecule has 0 rings (SSSR count). The van der Waals surface area contributed by atoms with Crippen LogP contribution >= 0.6 is 7.82 Å². The molecule has 9 nitrogen and oxygen atoms in total. The second-order valence-electron chi connectivity index (χ2n) is 28.9. The SMILES string of the molecule is CCCCC/C=C\C/C=C\CCCCCCCCCCCCCCCCCCCC(=O)OC(/C=C/CCCCCCCCCCCC)C(COP(=O)(O)OCC[N+](C)(C)C)NC(=O)CCCCCCCCCCCCCCCCCCC/C=C/CCCCCCCC. The molecule has 0 saturated heterocycles. The summed E-state index contributed by atoms with van der Waals surface area (Å²) in [5.74, 6) is -0.481. The molecule has 0 spiro atoms. The molecule has 0 aliphatic rings. The lowest BCUT2D eigenvalue weighted by Crippen LogP contribution is -2.47. The quantitative estimate of drug-likeness (QED) is 0.0205. The van der Waals surface area contributed by atoms with Gasteiger partial charge in [-0.1, -0.05) is 359 Å². The highest BCUT2D eigenvalue weighted by Gasteiger charge is 2.30. The molecule has 0 aromatic heterocycles. The fraction of sp³-hybridized carbons (Fsp3) is 0.878. The number of quaternary nitrogens is 1. The summed E-state index contributed by atoms with van der Waals surface area (Å²) in [5.41, 5.74) is 0. The number of phosphoric acid groups is 1. The second-order valence-corrected chi connectivity index (χ2v) is 30.4. The standard InChI is InChI=1S/C82H157N2O7P/c1-7-10-13-16-19-22-25-28-30-32-34-36-38-40-42-44-46-48-50-52-54-56-59-62-65-68-71-74-81(85)83-79(78-90-92(87,88)89-77-76-84(4,5)6)80(73-70-67-64-61-58-27-24-21-18-15-12-9-3)91-82(86)75-72-69-66-63-60-57-55-53-51-49-47-45-43-41-39-37-35-33-31-29-26-23-20-17-14-11-8-2/h20,23,28-31,70,73,79-80H,7-19,21-22,24-27,32-69,71-72,74-78H2,1-6H3,(H-,83,85,87,88)/p+1/b23-20-,30-28+,31-29-,73-70+. The Hall–Kier alpha value is -2.03. The molecule has 0 heterocycles. The minimum absolute atomic E-state index is 0.0431. The molecule has 0 bridgehead atoms. The molecule has 0 aliphatic heterocycles. The number of nitrogens with zero attached hydrogens (tertiary/aromatic N) is 1. The maximum Gasteiger partial charge on any atom is 0.472 e. The molecule has 3 atom stereocenters. The Kier molecular flexibility index (Phi) is 70.2. The minimum Gasteiger partial charge on any atom is -0.456 e. The van der Waals surface area contributed by atoms with Crippen LogP contribution in [0.25, 0.3) is 0 Å². The summed E-state index contributed by atoms with van der Waals surface area (Å²) in [6, 6.07) is -0.847. The number of allylic oxidation sites excluding steroid dienone is 7. The van der Waals surface area contributed by atoms with Crippen molar-refractivity contribution in [1.82, 2.24) is 5.32 Å². The highest BCUT2D eigenvalue weighted by Crippen LogP contribution is 2.43. The van der Waals surface area contributed by atoms with Crippen molar-refractivity contribution in [3.05, 3.63) is 48.6 Å². The van der Waals surface area contributed by atoms with Crippen LogP contribution in [0.3, 0.4) is 0 Å². The first-order valence-corrected chi connectivity index (χ1v) is 42.0. The third kappa shape index (κ3) is 72.2. The molecule has 3 unspecified atom stereocenters. The Balaban J connectivity index is 4.87. The van der Waals surface area contributed by atoms with Crippen molar-refractivity contribution in [2.75, 3.05) is 40.9 Å². The Morgan fingerprint density at radius 3 is 1.01 bits per heavy atom. The summed E-state index contributed by atoms with van der Waals surface area (Å²) >= 11 is 0. The van der Waals surface area contributed by atoms with E-state index >= 15 is 0 Å². The first-order valence-electron chi connectivity index (χ1n) is 40.5. The van der Waals surface area contributed by atoms with Crippen LogP contribution in [0.4, 0.5) is 0 Å². The molecular weight excluding hydrogens is 1160 g/mol. The van der Waals surface area contributed by atoms with Gasteiger partial charge in [0.2, 0.25) is 5.91 Å². The summed E-state index contributed by atoms with van der Waals surface area (Å²) in [7, 11) is 1.52. The van der Waals surface area contributed by atoms with Gasteiger partial charge in [0, 0.05) is 12.8 Å². The monoisotopic (exact) mass is 1310 g/mol. The first-order chi connectivity index (χ1) is 44.9. The average Bonchev–Trinajstić information content (AvgIpc) is 3.72. The molecule has 0 aromatic rings. The number of hydrogen-bond acceptors (Lipinski definition) is 6. The molecule has 542 valence electrons. The maximum absolute atomic E-state index is 13.7. The fourth-order valence-electron chi connectivity index (χ4n) is 12.3. The van der Waals surface area contributed by atoms with E-state index in [1.165, 1.54) is 315 Å². The number of ether oxygens (including phenoxy) is 1. The average molecular weight is 1320 g/mol. The Labute approximate surface area is 573 Å². The third-order valence-corrected chi connectivity index (χ3v) is 19.5. The van der Waals surface area contributed by atoms with Gasteiger partial charge in [-0.25, -0.2) is 4.57 Å². The number of unbranched alkanes of at least 4 members (excludes halogenated alkanes) is 53. The lowest BCUT2D eigenvalue weighted by atomic mass is 10.0. The Morgan fingerprint density at radius 1 is 0.380 bits per heavy atom. The minimum atomic E-state index is -4.46. The van der Waals surface area contributed by atoms with E-state index in [1.54, 1.807) is 0 Å². The number of hydrogen-bond donors (Lipinski definition) is 2. The van der Waals surface area contributed by atoms with Gasteiger partial charge in [-0.15, -0.1) is 0 Å². The summed E-state index contributed by atoms with van der Waals surface area (Å²) in [5, 5.41) is 3.09. The molecular formula is C82H158N2O7P+. The molecule has 1 amide bonds. The number of esters is 1. The first kappa shape index (κ1) is 90.0. The van der Waals surface area contributed by atoms with Crippen molar-refractivity contribution in [2.45, 2.75) is 425 Å². The van der Waals surface area contributed by atoms with Gasteiger partial charge in [0.05, 0.1) is 33.8 Å². The van der Waals surface area contributed by atoms with Crippen LogP contribution in [-0.2, 0) is 27.9 Å². The van der Waals surface area contributed by atoms with Gasteiger partial charge < -0.3 is 19.4 Å². The molecule has 0 aliphatic carbocycles. The van der Waals surface area contributed by atoms with Crippen molar-refractivity contribution < 1.29 is 37.3 Å². The molecule has 0 saturated carbocycles. The van der Waals surface area contributed by atoms with E-state index in [9.17, 15) is 19.0 Å². The smallest absolute Gasteiger partial charge is 0.456 e. The lowest BCUT2D eigenvalue weighted by Gasteiger charge is -2.27. The predicted molar refractivity (Wildman–Crippen MR) is 402 cm³/mol. The van der Waals surface area contributed by atoms with Crippen LogP contribution in [0, 0.1) is 0 Å². The number of nitrogens with one attached hydrogen (secondary N) is 1. The van der Waals surface area contributed by atoms with E-state index in [0.717, 1.165) is 64.2 Å². The number of phosphoric ester groups is 1. The molecule has 92 heavy (non-hydrogen) atoms. The number of carbonyl (C=O) groups is 2. The van der Waals surface area contributed by atoms with Crippen molar-refractivity contribution in [2.24, 2.45) is 0 Å². The van der Waals surface area contributed by atoms with Crippen LogP contribution in [0.15, 0.2) is 48.6 Å². The third-order valence-electron chi connectivity index (χ3n) is 18.5. The number of rotatable bonds is 75. The fourth-order valence-corrected chi connectivity index (χ4v) is 13.0. The van der Waals surface area contributed by atoms with E-state index in [2.05, 4.69) is 68.6 Å². The van der Waals surface area contributed by atoms with Gasteiger partial charge in [0.1, 0.15) is 19.3 Å². The summed E-state index contributed by atoms with van der Waals surface area (Å²) < 4.78 is 30.9. The second kappa shape index (κ2) is 71.7. The lowest BCUT2D eigenvalue weighted by molar-refractivity contribution is -0.870. The summed E-state index contributed by atoms with van der Waals surface area (Å²) in [4.78, 5) is 38.0. The highest BCUT2D eigenvalue weighted by atomic mass is 31.2. The highest BCUT2D eigenvalue weighted by molar-refractivity contribution is 7.47. The zero-order chi connectivity index (χ0) is 67.0. The van der Waals surface area contributed by atoms with Gasteiger partial charge in [0.15, 0.2) is 0 Å². The van der Waals surface area contributed by atoms with E-state index in [4.69, 9.17) is 13.8 Å². The number of amides is 1. The van der Waals surface area contributed by atoms with Crippen LogP contribution in [0.1, 0.15) is 412 Å². The van der Waals surface area contributed by atoms with Crippen molar-refractivity contribution in [3.8, 4) is 0 Å². The molecule has 0 radical (unpaired) electrons. The number of likely N-dealkylation sites (N-methyl/N-ethyl adjacent to an activating group) is 1. The van der Waals surface area contributed by atoms with Gasteiger partial charge in [-0.3, -0.25) is 18.6 Å². The maximum atomic E-state index is 13.7. The Bertz CT molecular complexity index is 1710. The van der Waals surface area contributed by atoms with Crippen LogP contribution in [0.2, 0.25) is 0 Å². The largest absolute Gasteiger partial charge is 0.472 e. The predicted octanol–water partition coefficient (Wildman–Crippen LogP) is 26.3. The van der Waals surface area contributed by atoms with Crippen molar-refractivity contribution in [3.63, 3.8) is 0 Å². The van der Waals surface area contributed by atoms with Crippen molar-refractivity contribution >= 4 is 19.7 Å². The summed E-state index contributed by atoms with van der Waals surface area (Å²) in [6.07, 6.45) is 93.0. The Morgan fingerprint density at radius 2 is 0.663 bits per heavy atom. The van der Waals surface area contributed by atoms with E-state index in [1.807, 2.05) is 27.2 Å². The molecule has 10 heteroatoms. The zero-order valence-corrected chi connectivity index (χ0v) is 63.2. The number of carbonyl (C=O) groups excluding carboxylic acids is 2.